The van der Waals surface area contributed by atoms with E-state index in [1.165, 1.54) is 10.4 Å². The molecule has 0 atom stereocenters. The van der Waals surface area contributed by atoms with E-state index >= 15 is 0 Å². The van der Waals surface area contributed by atoms with Gasteiger partial charge >= 0.3 is 5.97 Å². The first-order valence-electron chi connectivity index (χ1n) is 5.55. The number of aromatic carboxylic acids is 1. The molecule has 0 bridgehead atoms. The lowest BCUT2D eigenvalue weighted by Gasteiger charge is -2.08. The molecule has 3 rings (SSSR count). The molecule has 0 unspecified atom stereocenters. The maximum atomic E-state index is 10.9. The highest BCUT2D eigenvalue weighted by atomic mass is 32.2. The SMILES string of the molecule is Cc1oc(-c2cc3c(s2)CCSC3)nc1C(=O)O. The third-order valence-electron chi connectivity index (χ3n) is 2.84. The number of carbonyl (C=O) groups is 1. The molecule has 1 aliphatic heterocycles. The standard InChI is InChI=1S/C12H11NO3S2/c1-6-10(12(14)15)13-11(16-6)9-4-7-5-17-3-2-8(7)18-9/h4H,2-3,5H2,1H3,(H,14,15). The van der Waals surface area contributed by atoms with Crippen LogP contribution in [0.2, 0.25) is 0 Å². The summed E-state index contributed by atoms with van der Waals surface area (Å²) < 4.78 is 5.45. The second kappa shape index (κ2) is 4.44. The average Bonchev–Trinajstić information content (AvgIpc) is 2.91. The van der Waals surface area contributed by atoms with E-state index in [0.717, 1.165) is 22.8 Å². The predicted octanol–water partition coefficient (Wildman–Crippen LogP) is 3.20. The number of hydrogen-bond acceptors (Lipinski definition) is 5. The fourth-order valence-corrected chi connectivity index (χ4v) is 4.25. The Balaban J connectivity index is 2.02. The summed E-state index contributed by atoms with van der Waals surface area (Å²) in [7, 11) is 0. The van der Waals surface area contributed by atoms with Gasteiger partial charge in [0.2, 0.25) is 5.89 Å². The number of nitrogens with zero attached hydrogens (tertiary/aromatic N) is 1. The fraction of sp³-hybridized carbons (Fsp3) is 0.333. The number of hydrogen-bond donors (Lipinski definition) is 1. The van der Waals surface area contributed by atoms with Crippen LogP contribution in [0.15, 0.2) is 10.5 Å². The van der Waals surface area contributed by atoms with Gasteiger partial charge in [-0.05, 0) is 30.7 Å². The van der Waals surface area contributed by atoms with Crippen molar-refractivity contribution in [2.75, 3.05) is 5.75 Å². The normalized spacial score (nSPS) is 14.5. The van der Waals surface area contributed by atoms with Crippen molar-refractivity contribution in [1.82, 2.24) is 4.98 Å². The van der Waals surface area contributed by atoms with Crippen molar-refractivity contribution >= 4 is 29.1 Å². The molecule has 0 spiro atoms. The molecule has 0 aliphatic carbocycles. The van der Waals surface area contributed by atoms with Gasteiger partial charge in [0.25, 0.3) is 0 Å². The molecule has 2 aromatic rings. The van der Waals surface area contributed by atoms with E-state index in [9.17, 15) is 4.79 Å². The van der Waals surface area contributed by atoms with Crippen molar-refractivity contribution in [2.45, 2.75) is 19.1 Å². The van der Waals surface area contributed by atoms with E-state index in [0.29, 0.717) is 11.7 Å². The first-order chi connectivity index (χ1) is 8.65. The van der Waals surface area contributed by atoms with E-state index in [2.05, 4.69) is 11.1 Å². The third-order valence-corrected chi connectivity index (χ3v) is 5.07. The maximum absolute atomic E-state index is 10.9. The highest BCUT2D eigenvalue weighted by Crippen LogP contribution is 2.37. The van der Waals surface area contributed by atoms with Gasteiger partial charge in [0.15, 0.2) is 5.69 Å². The zero-order valence-electron chi connectivity index (χ0n) is 9.73. The number of carboxylic acid groups (broad SMARTS) is 1. The molecule has 4 nitrogen and oxygen atoms in total. The number of oxazole rings is 1. The number of rotatable bonds is 2. The van der Waals surface area contributed by atoms with Crippen LogP contribution in [0.1, 0.15) is 26.7 Å². The summed E-state index contributed by atoms with van der Waals surface area (Å²) in [6, 6.07) is 2.07. The number of fused-ring (bicyclic) bond motifs is 1. The highest BCUT2D eigenvalue weighted by molar-refractivity contribution is 7.98. The Hall–Kier alpha value is -1.27. The molecule has 18 heavy (non-hydrogen) atoms. The Morgan fingerprint density at radius 3 is 3.06 bits per heavy atom. The van der Waals surface area contributed by atoms with E-state index in [1.807, 2.05) is 11.8 Å². The van der Waals surface area contributed by atoms with Crippen molar-refractivity contribution in [3.8, 4) is 10.8 Å². The number of carboxylic acids is 1. The topological polar surface area (TPSA) is 63.3 Å². The molecular formula is C12H11NO3S2. The Labute approximate surface area is 112 Å². The lowest BCUT2D eigenvalue weighted by molar-refractivity contribution is 0.0689. The van der Waals surface area contributed by atoms with Crippen LogP contribution in [0, 0.1) is 6.92 Å². The molecule has 0 fully saturated rings. The lowest BCUT2D eigenvalue weighted by atomic mass is 10.2. The lowest BCUT2D eigenvalue weighted by Crippen LogP contribution is -1.98. The molecule has 0 aromatic carbocycles. The molecule has 0 saturated carbocycles. The van der Waals surface area contributed by atoms with Gasteiger partial charge in [-0.3, -0.25) is 0 Å². The molecule has 1 aliphatic rings. The first-order valence-corrected chi connectivity index (χ1v) is 7.52. The summed E-state index contributed by atoms with van der Waals surface area (Å²) in [5.74, 6) is 1.92. The number of thiophene rings is 1. The molecule has 6 heteroatoms. The quantitative estimate of drug-likeness (QED) is 0.915. The monoisotopic (exact) mass is 281 g/mol. The summed E-state index contributed by atoms with van der Waals surface area (Å²) in [4.78, 5) is 17.3. The summed E-state index contributed by atoms with van der Waals surface area (Å²) in [6.07, 6.45) is 1.08. The minimum absolute atomic E-state index is 0.00532. The minimum Gasteiger partial charge on any atom is -0.476 e. The molecule has 0 saturated heterocycles. The van der Waals surface area contributed by atoms with Gasteiger partial charge in [0.05, 0.1) is 4.88 Å². The maximum Gasteiger partial charge on any atom is 0.358 e. The molecule has 0 amide bonds. The van der Waals surface area contributed by atoms with Crippen LogP contribution >= 0.6 is 23.1 Å². The fourth-order valence-electron chi connectivity index (χ4n) is 1.95. The predicted molar refractivity (Wildman–Crippen MR) is 71.4 cm³/mol. The van der Waals surface area contributed by atoms with Gasteiger partial charge in [-0.2, -0.15) is 11.8 Å². The summed E-state index contributed by atoms with van der Waals surface area (Å²) in [6.45, 7) is 1.63. The molecule has 1 N–H and O–H groups in total. The van der Waals surface area contributed by atoms with Crippen molar-refractivity contribution in [3.05, 3.63) is 28.0 Å². The number of thioether (sulfide) groups is 1. The second-order valence-electron chi connectivity index (χ2n) is 4.09. The van der Waals surface area contributed by atoms with E-state index in [-0.39, 0.29) is 5.69 Å². The van der Waals surface area contributed by atoms with Crippen molar-refractivity contribution in [1.29, 1.82) is 0 Å². The van der Waals surface area contributed by atoms with Crippen LogP contribution in [0.5, 0.6) is 0 Å². The molecule has 0 radical (unpaired) electrons. The van der Waals surface area contributed by atoms with Crippen LogP contribution in [0.3, 0.4) is 0 Å². The highest BCUT2D eigenvalue weighted by Gasteiger charge is 2.20. The van der Waals surface area contributed by atoms with Crippen molar-refractivity contribution in [3.63, 3.8) is 0 Å². The Kier molecular flexibility index (Phi) is 2.91. The molecule has 2 aromatic heterocycles. The smallest absolute Gasteiger partial charge is 0.358 e. The van der Waals surface area contributed by atoms with Gasteiger partial charge < -0.3 is 9.52 Å². The van der Waals surface area contributed by atoms with Crippen LogP contribution in [0.4, 0.5) is 0 Å². The van der Waals surface area contributed by atoms with Crippen LogP contribution < -0.4 is 0 Å². The van der Waals surface area contributed by atoms with Crippen molar-refractivity contribution in [2.24, 2.45) is 0 Å². The minimum atomic E-state index is -1.04. The summed E-state index contributed by atoms with van der Waals surface area (Å²) >= 11 is 3.58. The molecule has 3 heterocycles. The summed E-state index contributed by atoms with van der Waals surface area (Å²) in [5, 5.41) is 8.97. The van der Waals surface area contributed by atoms with Gasteiger partial charge in [-0.15, -0.1) is 11.3 Å². The van der Waals surface area contributed by atoms with Crippen LogP contribution in [-0.4, -0.2) is 21.8 Å². The van der Waals surface area contributed by atoms with Gasteiger partial charge in [0.1, 0.15) is 5.76 Å². The molecular weight excluding hydrogens is 270 g/mol. The van der Waals surface area contributed by atoms with Crippen molar-refractivity contribution < 1.29 is 14.3 Å². The first kappa shape index (κ1) is 11.8. The zero-order valence-corrected chi connectivity index (χ0v) is 11.4. The number of aryl methyl sites for hydroxylation is 2. The Bertz CT molecular complexity index is 591. The zero-order chi connectivity index (χ0) is 12.7. The largest absolute Gasteiger partial charge is 0.476 e. The van der Waals surface area contributed by atoms with Gasteiger partial charge in [-0.1, -0.05) is 0 Å². The number of aromatic nitrogens is 1. The van der Waals surface area contributed by atoms with E-state index in [4.69, 9.17) is 9.52 Å². The third kappa shape index (κ3) is 1.95. The average molecular weight is 281 g/mol. The van der Waals surface area contributed by atoms with Crippen LogP contribution in [0.25, 0.3) is 10.8 Å². The Morgan fingerprint density at radius 2 is 2.39 bits per heavy atom. The van der Waals surface area contributed by atoms with Gasteiger partial charge in [-0.25, -0.2) is 9.78 Å². The van der Waals surface area contributed by atoms with E-state index in [1.54, 1.807) is 18.3 Å². The van der Waals surface area contributed by atoms with E-state index < -0.39 is 5.97 Å². The van der Waals surface area contributed by atoms with Gasteiger partial charge in [0, 0.05) is 10.6 Å². The Morgan fingerprint density at radius 1 is 1.56 bits per heavy atom. The summed E-state index contributed by atoms with van der Waals surface area (Å²) in [5.41, 5.74) is 1.34. The second-order valence-corrected chi connectivity index (χ2v) is 6.33. The van der Waals surface area contributed by atoms with Crippen LogP contribution in [-0.2, 0) is 12.2 Å². The molecule has 94 valence electrons.